The maximum atomic E-state index is 12.6. The standard InChI is InChI=1S/C16H22N4O4S/c1-8(14(22)23)25-12-10-11(17-9(18-12)7-16(2,3)4)19(5)15(24)20(6)13(10)21/h8H,7H2,1-6H3,(H,22,23)/p-1/t8-/m1/s1. The third-order valence-corrected chi connectivity index (χ3v) is 4.69. The van der Waals surface area contributed by atoms with Crippen molar-refractivity contribution in [3.63, 3.8) is 0 Å². The molecule has 0 radical (unpaired) electrons. The number of carbonyl (C=O) groups excluding carboxylic acids is 1. The molecule has 25 heavy (non-hydrogen) atoms. The molecule has 136 valence electrons. The monoisotopic (exact) mass is 365 g/mol. The summed E-state index contributed by atoms with van der Waals surface area (Å²) in [5, 5.41) is 10.6. The lowest BCUT2D eigenvalue weighted by Gasteiger charge is -2.19. The van der Waals surface area contributed by atoms with E-state index in [1.807, 2.05) is 20.8 Å². The second-order valence-corrected chi connectivity index (χ2v) is 8.50. The van der Waals surface area contributed by atoms with Crippen molar-refractivity contribution in [2.45, 2.75) is 44.4 Å². The molecule has 2 aromatic rings. The van der Waals surface area contributed by atoms with Gasteiger partial charge in [-0.1, -0.05) is 32.5 Å². The van der Waals surface area contributed by atoms with Gasteiger partial charge in [-0.05, 0) is 12.3 Å². The Balaban J connectivity index is 2.84. The highest BCUT2D eigenvalue weighted by Gasteiger charge is 2.21. The number of hydrogen-bond donors (Lipinski definition) is 0. The molecule has 0 spiro atoms. The normalized spacial score (nSPS) is 13.2. The summed E-state index contributed by atoms with van der Waals surface area (Å²) >= 11 is 0.917. The molecule has 0 saturated heterocycles. The Bertz CT molecular complexity index is 956. The largest absolute Gasteiger partial charge is 0.549 e. The highest BCUT2D eigenvalue weighted by molar-refractivity contribution is 8.00. The Labute approximate surface area is 148 Å². The molecule has 2 aromatic heterocycles. The number of carbonyl (C=O) groups is 1. The maximum Gasteiger partial charge on any atom is 0.332 e. The van der Waals surface area contributed by atoms with Gasteiger partial charge in [-0.3, -0.25) is 13.9 Å². The Morgan fingerprint density at radius 2 is 1.80 bits per heavy atom. The van der Waals surface area contributed by atoms with Gasteiger partial charge in [0.25, 0.3) is 5.56 Å². The summed E-state index contributed by atoms with van der Waals surface area (Å²) in [6.07, 6.45) is 0.513. The number of rotatable bonds is 4. The van der Waals surface area contributed by atoms with Crippen LogP contribution in [0.5, 0.6) is 0 Å². The molecular formula is C16H21N4O4S-. The second kappa shape index (κ2) is 6.62. The molecule has 9 heteroatoms. The second-order valence-electron chi connectivity index (χ2n) is 7.17. The number of aliphatic carboxylic acids is 1. The lowest BCUT2D eigenvalue weighted by Crippen LogP contribution is -2.38. The molecule has 0 N–H and O–H groups in total. The van der Waals surface area contributed by atoms with E-state index < -0.39 is 22.5 Å². The molecule has 0 aliphatic heterocycles. The highest BCUT2D eigenvalue weighted by Crippen LogP contribution is 2.27. The Kier molecular flexibility index (Phi) is 5.08. The van der Waals surface area contributed by atoms with Crippen molar-refractivity contribution in [2.24, 2.45) is 19.5 Å². The summed E-state index contributed by atoms with van der Waals surface area (Å²) in [7, 11) is 2.89. The van der Waals surface area contributed by atoms with Crippen LogP contribution < -0.4 is 16.4 Å². The van der Waals surface area contributed by atoms with Crippen LogP contribution in [0.2, 0.25) is 0 Å². The van der Waals surface area contributed by atoms with E-state index in [0.29, 0.717) is 12.2 Å². The van der Waals surface area contributed by atoms with Crippen LogP contribution in [0.15, 0.2) is 14.6 Å². The molecule has 0 amide bonds. The third kappa shape index (κ3) is 3.92. The van der Waals surface area contributed by atoms with Gasteiger partial charge in [0, 0.05) is 25.8 Å². The van der Waals surface area contributed by atoms with Gasteiger partial charge in [0.05, 0.1) is 5.97 Å². The van der Waals surface area contributed by atoms with E-state index >= 15 is 0 Å². The molecular weight excluding hydrogens is 344 g/mol. The van der Waals surface area contributed by atoms with E-state index in [1.165, 1.54) is 25.6 Å². The average molecular weight is 365 g/mol. The molecule has 0 aromatic carbocycles. The van der Waals surface area contributed by atoms with E-state index in [1.54, 1.807) is 0 Å². The predicted octanol–water partition coefficient (Wildman–Crippen LogP) is -0.154. The fraction of sp³-hybridized carbons (Fsp3) is 0.562. The van der Waals surface area contributed by atoms with Crippen LogP contribution in [-0.2, 0) is 25.3 Å². The van der Waals surface area contributed by atoms with Crippen LogP contribution in [-0.4, -0.2) is 30.3 Å². The van der Waals surface area contributed by atoms with E-state index in [2.05, 4.69) is 9.97 Å². The van der Waals surface area contributed by atoms with E-state index in [0.717, 1.165) is 16.3 Å². The molecule has 0 bridgehead atoms. The molecule has 0 aliphatic carbocycles. The Hall–Kier alpha value is -2.16. The first-order chi connectivity index (χ1) is 11.4. The van der Waals surface area contributed by atoms with Crippen LogP contribution in [0.3, 0.4) is 0 Å². The van der Waals surface area contributed by atoms with Crippen molar-refractivity contribution >= 4 is 28.8 Å². The van der Waals surface area contributed by atoms with Gasteiger partial charge >= 0.3 is 5.69 Å². The molecule has 0 saturated carbocycles. The lowest BCUT2D eigenvalue weighted by molar-refractivity contribution is -0.304. The summed E-state index contributed by atoms with van der Waals surface area (Å²) in [5.41, 5.74) is -0.959. The summed E-state index contributed by atoms with van der Waals surface area (Å²) < 4.78 is 2.24. The van der Waals surface area contributed by atoms with Crippen LogP contribution in [0, 0.1) is 5.41 Å². The number of nitrogens with zero attached hydrogens (tertiary/aromatic N) is 4. The van der Waals surface area contributed by atoms with Gasteiger partial charge in [-0.2, -0.15) is 0 Å². The van der Waals surface area contributed by atoms with Crippen molar-refractivity contribution in [2.75, 3.05) is 0 Å². The fourth-order valence-electron chi connectivity index (χ4n) is 2.33. The highest BCUT2D eigenvalue weighted by atomic mass is 32.2. The topological polar surface area (TPSA) is 110 Å². The zero-order chi connectivity index (χ0) is 19.1. The minimum atomic E-state index is -1.25. The number of carboxylic acid groups (broad SMARTS) is 1. The number of aromatic nitrogens is 4. The summed E-state index contributed by atoms with van der Waals surface area (Å²) in [6.45, 7) is 7.50. The van der Waals surface area contributed by atoms with E-state index in [-0.39, 0.29) is 21.5 Å². The fourth-order valence-corrected chi connectivity index (χ4v) is 3.21. The van der Waals surface area contributed by atoms with Crippen LogP contribution >= 0.6 is 11.8 Å². The van der Waals surface area contributed by atoms with Crippen LogP contribution in [0.25, 0.3) is 11.0 Å². The van der Waals surface area contributed by atoms with E-state index in [4.69, 9.17) is 0 Å². The van der Waals surface area contributed by atoms with Crippen molar-refractivity contribution in [1.29, 1.82) is 0 Å². The summed E-state index contributed by atoms with van der Waals surface area (Å²) in [5.74, 6) is -0.799. The van der Waals surface area contributed by atoms with Crippen molar-refractivity contribution in [3.8, 4) is 0 Å². The lowest BCUT2D eigenvalue weighted by atomic mass is 9.92. The van der Waals surface area contributed by atoms with Gasteiger partial charge in [-0.25, -0.2) is 14.8 Å². The smallest absolute Gasteiger partial charge is 0.332 e. The Morgan fingerprint density at radius 1 is 1.20 bits per heavy atom. The quantitative estimate of drug-likeness (QED) is 0.547. The molecule has 2 rings (SSSR count). The molecule has 1 atom stereocenters. The first-order valence-corrected chi connectivity index (χ1v) is 8.64. The van der Waals surface area contributed by atoms with Crippen molar-refractivity contribution < 1.29 is 9.90 Å². The minimum absolute atomic E-state index is 0.117. The Morgan fingerprint density at radius 3 is 2.32 bits per heavy atom. The van der Waals surface area contributed by atoms with E-state index in [9.17, 15) is 19.5 Å². The first-order valence-electron chi connectivity index (χ1n) is 7.76. The van der Waals surface area contributed by atoms with Gasteiger partial charge in [-0.15, -0.1) is 0 Å². The van der Waals surface area contributed by atoms with Crippen molar-refractivity contribution in [1.82, 2.24) is 19.1 Å². The number of hydrogen-bond acceptors (Lipinski definition) is 7. The maximum absolute atomic E-state index is 12.6. The summed E-state index contributed by atoms with van der Waals surface area (Å²) in [4.78, 5) is 44.7. The minimum Gasteiger partial charge on any atom is -0.549 e. The van der Waals surface area contributed by atoms with Gasteiger partial charge in [0.15, 0.2) is 5.65 Å². The SMILES string of the molecule is C[C@@H](Sc1nc(CC(C)(C)C)nc2c1c(=O)n(C)c(=O)n2C)C(=O)[O-]. The third-order valence-electron chi connectivity index (χ3n) is 3.62. The number of fused-ring (bicyclic) bond motifs is 1. The number of carboxylic acids is 1. The zero-order valence-corrected chi connectivity index (χ0v) is 15.9. The predicted molar refractivity (Wildman–Crippen MR) is 93.5 cm³/mol. The molecule has 0 aliphatic rings. The van der Waals surface area contributed by atoms with Crippen LogP contribution in [0.1, 0.15) is 33.5 Å². The van der Waals surface area contributed by atoms with Gasteiger partial charge < -0.3 is 9.90 Å². The van der Waals surface area contributed by atoms with Gasteiger partial charge in [0.2, 0.25) is 0 Å². The number of aryl methyl sites for hydroxylation is 1. The number of thioether (sulfide) groups is 1. The first kappa shape index (κ1) is 19.2. The average Bonchev–Trinajstić information content (AvgIpc) is 2.48. The summed E-state index contributed by atoms with van der Waals surface area (Å²) in [6, 6.07) is 0. The molecule has 8 nitrogen and oxygen atoms in total. The zero-order valence-electron chi connectivity index (χ0n) is 15.1. The molecule has 2 heterocycles. The van der Waals surface area contributed by atoms with Crippen molar-refractivity contribution in [3.05, 3.63) is 26.7 Å². The van der Waals surface area contributed by atoms with Gasteiger partial charge in [0.1, 0.15) is 16.2 Å². The van der Waals surface area contributed by atoms with Crippen LogP contribution in [0.4, 0.5) is 0 Å². The molecule has 0 unspecified atom stereocenters. The molecule has 0 fully saturated rings.